The number of hydrogen-bond donors (Lipinski definition) is 0. The van der Waals surface area contributed by atoms with Gasteiger partial charge in [-0.3, -0.25) is 14.6 Å². The van der Waals surface area contributed by atoms with Crippen molar-refractivity contribution in [2.45, 2.75) is 16.7 Å². The van der Waals surface area contributed by atoms with Crippen LogP contribution in [0.2, 0.25) is 0 Å². The third-order valence-electron chi connectivity index (χ3n) is 4.39. The number of nitrogens with zero attached hydrogens (tertiary/aromatic N) is 2. The summed E-state index contributed by atoms with van der Waals surface area (Å²) in [6.45, 7) is 5.53. The molecule has 2 aromatic carbocycles. The molecule has 4 nitrogen and oxygen atoms in total. The highest BCUT2D eigenvalue weighted by Gasteiger charge is 2.29. The molecule has 4 rings (SSSR count). The van der Waals surface area contributed by atoms with Crippen LogP contribution in [0.4, 0.5) is 11.4 Å². The summed E-state index contributed by atoms with van der Waals surface area (Å²) in [7, 11) is 0. The van der Waals surface area contributed by atoms with Gasteiger partial charge in [-0.15, -0.1) is 0 Å². The van der Waals surface area contributed by atoms with Crippen molar-refractivity contribution in [1.82, 2.24) is 4.90 Å². The van der Waals surface area contributed by atoms with Crippen LogP contribution in [-0.2, 0) is 9.53 Å². The minimum Gasteiger partial charge on any atom is -0.379 e. The maximum absolute atomic E-state index is 13.1. The third kappa shape index (κ3) is 2.95. The van der Waals surface area contributed by atoms with Crippen molar-refractivity contribution in [1.29, 1.82) is 0 Å². The van der Waals surface area contributed by atoms with Gasteiger partial charge in [-0.1, -0.05) is 30.0 Å². The van der Waals surface area contributed by atoms with E-state index in [1.165, 1.54) is 0 Å². The first-order valence-corrected chi connectivity index (χ1v) is 9.04. The van der Waals surface area contributed by atoms with Crippen molar-refractivity contribution in [3.63, 3.8) is 0 Å². The van der Waals surface area contributed by atoms with E-state index >= 15 is 0 Å². The Hall–Kier alpha value is -1.82. The molecule has 0 aromatic heterocycles. The second-order valence-corrected chi connectivity index (χ2v) is 7.24. The van der Waals surface area contributed by atoms with Crippen LogP contribution < -0.4 is 4.90 Å². The Morgan fingerprint density at radius 2 is 1.83 bits per heavy atom. The molecule has 0 saturated carbocycles. The van der Waals surface area contributed by atoms with Gasteiger partial charge < -0.3 is 4.74 Å². The van der Waals surface area contributed by atoms with Crippen molar-refractivity contribution in [2.24, 2.45) is 0 Å². The predicted molar refractivity (Wildman–Crippen MR) is 96.1 cm³/mol. The molecule has 124 valence electrons. The van der Waals surface area contributed by atoms with Gasteiger partial charge in [-0.2, -0.15) is 0 Å². The fourth-order valence-corrected chi connectivity index (χ4v) is 4.19. The van der Waals surface area contributed by atoms with Gasteiger partial charge in [0.25, 0.3) is 0 Å². The lowest BCUT2D eigenvalue weighted by molar-refractivity contribution is -0.120. The topological polar surface area (TPSA) is 32.8 Å². The van der Waals surface area contributed by atoms with Crippen LogP contribution in [0, 0.1) is 6.92 Å². The number of ether oxygens (including phenoxy) is 1. The number of carbonyl (C=O) groups is 1. The second-order valence-electron chi connectivity index (χ2n) is 6.16. The number of anilines is 2. The van der Waals surface area contributed by atoms with Crippen molar-refractivity contribution in [2.75, 3.05) is 37.7 Å². The van der Waals surface area contributed by atoms with Crippen LogP contribution in [0.25, 0.3) is 0 Å². The Bertz CT molecular complexity index is 772. The first-order valence-electron chi connectivity index (χ1n) is 8.23. The van der Waals surface area contributed by atoms with E-state index in [1.807, 2.05) is 23.1 Å². The average molecular weight is 340 g/mol. The summed E-state index contributed by atoms with van der Waals surface area (Å²) in [5.41, 5.74) is 3.15. The first-order chi connectivity index (χ1) is 11.7. The average Bonchev–Trinajstić information content (AvgIpc) is 2.60. The fourth-order valence-electron chi connectivity index (χ4n) is 3.15. The molecule has 2 heterocycles. The van der Waals surface area contributed by atoms with E-state index in [1.54, 1.807) is 11.8 Å². The maximum atomic E-state index is 13.1. The molecule has 0 atom stereocenters. The molecule has 0 N–H and O–H groups in total. The number of para-hydroxylation sites is 1. The summed E-state index contributed by atoms with van der Waals surface area (Å²) in [5, 5.41) is 0. The molecule has 0 spiro atoms. The minimum atomic E-state index is 0.122. The van der Waals surface area contributed by atoms with Gasteiger partial charge in [-0.05, 0) is 36.8 Å². The zero-order valence-electron chi connectivity index (χ0n) is 13.7. The number of fused-ring (bicyclic) bond motifs is 2. The van der Waals surface area contributed by atoms with Crippen LogP contribution in [0.15, 0.2) is 52.3 Å². The number of carbonyl (C=O) groups excluding carboxylic acids is 1. The van der Waals surface area contributed by atoms with Gasteiger partial charge in [-0.25, -0.2) is 0 Å². The lowest BCUT2D eigenvalue weighted by Crippen LogP contribution is -2.44. The zero-order valence-corrected chi connectivity index (χ0v) is 14.5. The lowest BCUT2D eigenvalue weighted by Gasteiger charge is -2.34. The summed E-state index contributed by atoms with van der Waals surface area (Å²) in [6.07, 6.45) is 0. The molecule has 1 fully saturated rings. The molecule has 0 radical (unpaired) electrons. The molecule has 0 aliphatic carbocycles. The van der Waals surface area contributed by atoms with Crippen LogP contribution >= 0.6 is 11.8 Å². The van der Waals surface area contributed by atoms with Gasteiger partial charge in [0.1, 0.15) is 0 Å². The van der Waals surface area contributed by atoms with Crippen LogP contribution in [-0.4, -0.2) is 43.7 Å². The van der Waals surface area contributed by atoms with Crippen molar-refractivity contribution in [3.8, 4) is 0 Å². The normalized spacial score (nSPS) is 17.3. The minimum absolute atomic E-state index is 0.122. The Balaban J connectivity index is 1.70. The van der Waals surface area contributed by atoms with Gasteiger partial charge >= 0.3 is 0 Å². The largest absolute Gasteiger partial charge is 0.379 e. The first kappa shape index (κ1) is 15.7. The van der Waals surface area contributed by atoms with E-state index < -0.39 is 0 Å². The molecule has 5 heteroatoms. The Kier molecular flexibility index (Phi) is 4.31. The van der Waals surface area contributed by atoms with Crippen LogP contribution in [0.3, 0.4) is 0 Å². The summed E-state index contributed by atoms with van der Waals surface area (Å²) in [6, 6.07) is 14.5. The van der Waals surface area contributed by atoms with E-state index in [-0.39, 0.29) is 5.91 Å². The van der Waals surface area contributed by atoms with E-state index in [4.69, 9.17) is 4.74 Å². The number of aryl methyl sites for hydroxylation is 1. The highest BCUT2D eigenvalue weighted by Crippen LogP contribution is 2.48. The zero-order chi connectivity index (χ0) is 16.5. The van der Waals surface area contributed by atoms with Crippen molar-refractivity contribution in [3.05, 3.63) is 48.0 Å². The van der Waals surface area contributed by atoms with Gasteiger partial charge in [0.2, 0.25) is 5.91 Å². The van der Waals surface area contributed by atoms with E-state index in [0.29, 0.717) is 19.8 Å². The number of hydrogen-bond acceptors (Lipinski definition) is 4. The number of amides is 1. The molecule has 1 amide bonds. The molecular formula is C19H20N2O2S. The molecule has 0 bridgehead atoms. The van der Waals surface area contributed by atoms with Crippen molar-refractivity contribution < 1.29 is 9.53 Å². The number of benzene rings is 2. The smallest absolute Gasteiger partial charge is 0.245 e. The Morgan fingerprint density at radius 1 is 1.08 bits per heavy atom. The molecule has 2 aliphatic heterocycles. The third-order valence-corrected chi connectivity index (χ3v) is 5.52. The molecule has 2 aliphatic rings. The van der Waals surface area contributed by atoms with E-state index in [9.17, 15) is 4.79 Å². The highest BCUT2D eigenvalue weighted by atomic mass is 32.2. The molecule has 0 unspecified atom stereocenters. The van der Waals surface area contributed by atoms with E-state index in [0.717, 1.165) is 39.8 Å². The van der Waals surface area contributed by atoms with E-state index in [2.05, 4.69) is 36.1 Å². The summed E-state index contributed by atoms with van der Waals surface area (Å²) < 4.78 is 5.39. The van der Waals surface area contributed by atoms with Crippen molar-refractivity contribution >= 4 is 29.0 Å². The van der Waals surface area contributed by atoms with Gasteiger partial charge in [0.15, 0.2) is 0 Å². The van der Waals surface area contributed by atoms with Gasteiger partial charge in [0, 0.05) is 22.9 Å². The lowest BCUT2D eigenvalue weighted by atomic mass is 10.1. The number of morpholine rings is 1. The molecule has 24 heavy (non-hydrogen) atoms. The Labute approximate surface area is 146 Å². The SMILES string of the molecule is Cc1ccc2c(c1)N(C(=O)CN1CCOCC1)c1ccccc1S2. The number of rotatable bonds is 2. The predicted octanol–water partition coefficient (Wildman–Crippen LogP) is 3.46. The summed E-state index contributed by atoms with van der Waals surface area (Å²) >= 11 is 1.73. The quantitative estimate of drug-likeness (QED) is 0.838. The maximum Gasteiger partial charge on any atom is 0.245 e. The molecule has 1 saturated heterocycles. The van der Waals surface area contributed by atoms with Gasteiger partial charge in [0.05, 0.1) is 31.1 Å². The fraction of sp³-hybridized carbons (Fsp3) is 0.316. The monoisotopic (exact) mass is 340 g/mol. The highest BCUT2D eigenvalue weighted by molar-refractivity contribution is 7.99. The van der Waals surface area contributed by atoms with Crippen LogP contribution in [0.1, 0.15) is 5.56 Å². The molecule has 2 aromatic rings. The molecular weight excluding hydrogens is 320 g/mol. The summed E-state index contributed by atoms with van der Waals surface area (Å²) in [4.78, 5) is 19.5. The summed E-state index contributed by atoms with van der Waals surface area (Å²) in [5.74, 6) is 0.122. The standard InChI is InChI=1S/C19H20N2O2S/c1-14-6-7-18-16(12-14)21(15-4-2-3-5-17(15)24-18)19(22)13-20-8-10-23-11-9-20/h2-7,12H,8-11,13H2,1H3. The second kappa shape index (κ2) is 6.59. The van der Waals surface area contributed by atoms with Crippen LogP contribution in [0.5, 0.6) is 0 Å². The Morgan fingerprint density at radius 3 is 2.67 bits per heavy atom.